The third kappa shape index (κ3) is 5.81. The summed E-state index contributed by atoms with van der Waals surface area (Å²) < 4.78 is 10.6. The Bertz CT molecular complexity index is 1180. The lowest BCUT2D eigenvalue weighted by atomic mass is 10.1. The largest absolute Gasteiger partial charge is 0.454 e. The fraction of sp³-hybridized carbons (Fsp3) is 0.296. The van der Waals surface area contributed by atoms with Crippen LogP contribution in [0, 0.1) is 0 Å². The molecule has 3 aromatic rings. The number of carbonyl (C=O) groups is 2. The Balaban J connectivity index is 1.18. The summed E-state index contributed by atoms with van der Waals surface area (Å²) in [6, 6.07) is 19.3. The summed E-state index contributed by atoms with van der Waals surface area (Å²) in [5, 5.41) is 5.44. The first kappa shape index (κ1) is 23.8. The number of carbonyl (C=O) groups excluding carboxylic acids is 2. The number of piperazine rings is 1. The molecule has 5 rings (SSSR count). The Morgan fingerprint density at radius 3 is 2.50 bits per heavy atom. The topological polar surface area (TPSA) is 96.0 Å². The van der Waals surface area contributed by atoms with Gasteiger partial charge in [-0.2, -0.15) is 0 Å². The second kappa shape index (κ2) is 11.2. The van der Waals surface area contributed by atoms with Crippen molar-refractivity contribution in [3.05, 3.63) is 84.2 Å². The number of benzene rings is 2. The third-order valence-corrected chi connectivity index (χ3v) is 6.46. The lowest BCUT2D eigenvalue weighted by Gasteiger charge is -2.39. The number of hydrogen-bond donors (Lipinski definition) is 2. The maximum Gasteiger partial charge on any atom is 0.313 e. The quantitative estimate of drug-likeness (QED) is 0.494. The zero-order valence-electron chi connectivity index (χ0n) is 19.9. The summed E-state index contributed by atoms with van der Waals surface area (Å²) in [5.41, 5.74) is 2.78. The Labute approximate surface area is 210 Å². The van der Waals surface area contributed by atoms with Crippen LogP contribution in [0.4, 0.5) is 5.69 Å². The molecule has 0 aliphatic carbocycles. The van der Waals surface area contributed by atoms with E-state index in [0.29, 0.717) is 23.7 Å². The zero-order valence-corrected chi connectivity index (χ0v) is 19.9. The Morgan fingerprint density at radius 1 is 0.917 bits per heavy atom. The van der Waals surface area contributed by atoms with Crippen LogP contribution in [0.3, 0.4) is 0 Å². The maximum atomic E-state index is 12.6. The number of ether oxygens (including phenoxy) is 2. The number of fused-ring (bicyclic) bond motifs is 1. The molecule has 0 radical (unpaired) electrons. The van der Waals surface area contributed by atoms with Crippen LogP contribution in [0.1, 0.15) is 17.2 Å². The van der Waals surface area contributed by atoms with Gasteiger partial charge in [0.1, 0.15) is 0 Å². The second-order valence-corrected chi connectivity index (χ2v) is 8.83. The number of hydrogen-bond acceptors (Lipinski definition) is 7. The van der Waals surface area contributed by atoms with Crippen LogP contribution in [0.25, 0.3) is 0 Å². The van der Waals surface area contributed by atoms with Crippen LogP contribution in [-0.2, 0) is 16.1 Å². The van der Waals surface area contributed by atoms with Crippen molar-refractivity contribution in [3.63, 3.8) is 0 Å². The molecule has 1 atom stereocenters. The molecule has 2 amide bonds. The van der Waals surface area contributed by atoms with Gasteiger partial charge in [-0.05, 0) is 29.3 Å². The van der Waals surface area contributed by atoms with Crippen molar-refractivity contribution in [2.24, 2.45) is 0 Å². The fourth-order valence-electron chi connectivity index (χ4n) is 4.54. The highest BCUT2D eigenvalue weighted by atomic mass is 16.7. The summed E-state index contributed by atoms with van der Waals surface area (Å²) in [5.74, 6) is -0.271. The SMILES string of the molecule is O=C(NC[C@@H](c1cccnc1)N1CCN(Cc2ccccc2)CC1)C(=O)Nc1ccc2c(c1)OCO2. The average molecular weight is 488 g/mol. The van der Waals surface area contributed by atoms with E-state index in [-0.39, 0.29) is 12.8 Å². The van der Waals surface area contributed by atoms with E-state index in [2.05, 4.69) is 49.7 Å². The summed E-state index contributed by atoms with van der Waals surface area (Å²) in [4.78, 5) is 34.2. The highest BCUT2D eigenvalue weighted by Crippen LogP contribution is 2.34. The van der Waals surface area contributed by atoms with Crippen LogP contribution in [0.5, 0.6) is 11.5 Å². The second-order valence-electron chi connectivity index (χ2n) is 8.83. The summed E-state index contributed by atoms with van der Waals surface area (Å²) in [7, 11) is 0. The standard InChI is InChI=1S/C27H29N5O4/c33-26(27(34)30-22-8-9-24-25(15-22)36-19-35-24)29-17-23(21-7-4-10-28-16-21)32-13-11-31(12-14-32)18-20-5-2-1-3-6-20/h1-10,15-16,23H,11-14,17-19H2,(H,29,33)(H,30,34)/t23-/m0/s1. The van der Waals surface area contributed by atoms with Crippen LogP contribution in [0.2, 0.25) is 0 Å². The Hall–Kier alpha value is -3.95. The molecule has 9 heteroatoms. The van der Waals surface area contributed by atoms with Gasteiger partial charge in [-0.1, -0.05) is 36.4 Å². The lowest BCUT2D eigenvalue weighted by molar-refractivity contribution is -0.136. The molecule has 2 aliphatic heterocycles. The molecule has 9 nitrogen and oxygen atoms in total. The van der Waals surface area contributed by atoms with Crippen molar-refractivity contribution in [1.29, 1.82) is 0 Å². The number of anilines is 1. The van der Waals surface area contributed by atoms with E-state index in [1.165, 1.54) is 5.56 Å². The lowest BCUT2D eigenvalue weighted by Crippen LogP contribution is -2.50. The molecule has 0 bridgehead atoms. The van der Waals surface area contributed by atoms with Gasteiger partial charge in [0, 0.05) is 63.4 Å². The Morgan fingerprint density at radius 2 is 1.72 bits per heavy atom. The minimum absolute atomic E-state index is 0.0835. The number of nitrogens with one attached hydrogen (secondary N) is 2. The molecule has 36 heavy (non-hydrogen) atoms. The zero-order chi connectivity index (χ0) is 24.7. The van der Waals surface area contributed by atoms with Crippen molar-refractivity contribution < 1.29 is 19.1 Å². The van der Waals surface area contributed by atoms with E-state index in [4.69, 9.17) is 9.47 Å². The number of nitrogens with zero attached hydrogens (tertiary/aromatic N) is 3. The van der Waals surface area contributed by atoms with E-state index in [0.717, 1.165) is 38.3 Å². The fourth-order valence-corrected chi connectivity index (χ4v) is 4.54. The van der Waals surface area contributed by atoms with Gasteiger partial charge in [0.15, 0.2) is 11.5 Å². The molecule has 0 saturated carbocycles. The number of rotatable bonds is 7. The highest BCUT2D eigenvalue weighted by molar-refractivity contribution is 6.39. The van der Waals surface area contributed by atoms with Crippen molar-refractivity contribution in [2.75, 3.05) is 44.8 Å². The van der Waals surface area contributed by atoms with Gasteiger partial charge in [0.05, 0.1) is 6.04 Å². The minimum Gasteiger partial charge on any atom is -0.454 e. The normalized spacial score (nSPS) is 16.3. The van der Waals surface area contributed by atoms with Crippen molar-refractivity contribution >= 4 is 17.5 Å². The van der Waals surface area contributed by atoms with Gasteiger partial charge in [-0.15, -0.1) is 0 Å². The predicted molar refractivity (Wildman–Crippen MR) is 134 cm³/mol. The van der Waals surface area contributed by atoms with Crippen LogP contribution >= 0.6 is 0 Å². The average Bonchev–Trinajstić information content (AvgIpc) is 3.39. The first-order chi connectivity index (χ1) is 17.7. The van der Waals surface area contributed by atoms with Gasteiger partial charge in [0.25, 0.3) is 0 Å². The molecule has 1 aromatic heterocycles. The number of pyridine rings is 1. The predicted octanol–water partition coefficient (Wildman–Crippen LogP) is 2.42. The molecular weight excluding hydrogens is 458 g/mol. The molecule has 2 aromatic carbocycles. The van der Waals surface area contributed by atoms with Gasteiger partial charge in [-0.25, -0.2) is 0 Å². The van der Waals surface area contributed by atoms with E-state index in [9.17, 15) is 9.59 Å². The monoisotopic (exact) mass is 487 g/mol. The van der Waals surface area contributed by atoms with E-state index in [1.807, 2.05) is 24.4 Å². The van der Waals surface area contributed by atoms with Crippen molar-refractivity contribution in [3.8, 4) is 11.5 Å². The maximum absolute atomic E-state index is 12.6. The number of amides is 2. The molecule has 0 unspecified atom stereocenters. The molecular formula is C27H29N5O4. The molecule has 1 fully saturated rings. The van der Waals surface area contributed by atoms with Crippen molar-refractivity contribution in [2.45, 2.75) is 12.6 Å². The van der Waals surface area contributed by atoms with Crippen LogP contribution < -0.4 is 20.1 Å². The minimum atomic E-state index is -0.730. The van der Waals surface area contributed by atoms with Crippen LogP contribution in [0.15, 0.2) is 73.1 Å². The molecule has 0 spiro atoms. The van der Waals surface area contributed by atoms with Gasteiger partial charge >= 0.3 is 11.8 Å². The smallest absolute Gasteiger partial charge is 0.313 e. The molecule has 186 valence electrons. The first-order valence-electron chi connectivity index (χ1n) is 12.0. The third-order valence-electron chi connectivity index (χ3n) is 6.46. The summed E-state index contributed by atoms with van der Waals surface area (Å²) in [6.07, 6.45) is 3.55. The van der Waals surface area contributed by atoms with E-state index >= 15 is 0 Å². The van der Waals surface area contributed by atoms with E-state index < -0.39 is 11.8 Å². The summed E-state index contributed by atoms with van der Waals surface area (Å²) >= 11 is 0. The van der Waals surface area contributed by atoms with Gasteiger partial charge in [0.2, 0.25) is 6.79 Å². The van der Waals surface area contributed by atoms with Crippen LogP contribution in [-0.4, -0.2) is 66.1 Å². The van der Waals surface area contributed by atoms with Crippen molar-refractivity contribution in [1.82, 2.24) is 20.1 Å². The molecule has 3 heterocycles. The first-order valence-corrected chi connectivity index (χ1v) is 12.0. The molecule has 2 aliphatic rings. The molecule has 1 saturated heterocycles. The Kier molecular flexibility index (Phi) is 7.39. The number of aromatic nitrogens is 1. The van der Waals surface area contributed by atoms with Gasteiger partial charge < -0.3 is 20.1 Å². The van der Waals surface area contributed by atoms with Gasteiger partial charge in [-0.3, -0.25) is 24.4 Å². The summed E-state index contributed by atoms with van der Waals surface area (Å²) in [6.45, 7) is 4.91. The molecule has 2 N–H and O–H groups in total. The highest BCUT2D eigenvalue weighted by Gasteiger charge is 2.27. The van der Waals surface area contributed by atoms with E-state index in [1.54, 1.807) is 24.4 Å².